The number of hydrogen-bond donors (Lipinski definition) is 4. The zero-order valence-corrected chi connectivity index (χ0v) is 30.4. The number of carbonyl (C=O) groups excluding carboxylic acids is 1. The van der Waals surface area contributed by atoms with Crippen LogP contribution in [0.15, 0.2) is 48.5 Å². The number of fused-ring (bicyclic) bond motifs is 4. The first kappa shape index (κ1) is 39.3. The molecule has 0 radical (unpaired) electrons. The van der Waals surface area contributed by atoms with Crippen molar-refractivity contribution in [1.29, 1.82) is 0 Å². The van der Waals surface area contributed by atoms with Gasteiger partial charge in [0.1, 0.15) is 35.5 Å². The van der Waals surface area contributed by atoms with Crippen LogP contribution in [0.1, 0.15) is 45.9 Å². The van der Waals surface area contributed by atoms with Gasteiger partial charge in [-0.2, -0.15) is 32.1 Å². The maximum atomic E-state index is 15.5. The van der Waals surface area contributed by atoms with Crippen LogP contribution in [0.4, 0.5) is 36.6 Å². The molecule has 2 aliphatic rings. The molecule has 12 nitrogen and oxygen atoms in total. The molecule has 2 aliphatic carbocycles. The Balaban J connectivity index is 1.37. The molecule has 3 aromatic heterocycles. The molecule has 3 heterocycles. The number of anilines is 1. The summed E-state index contributed by atoms with van der Waals surface area (Å²) in [7, 11) is -2.26. The molecular formula is C37H29F7N8O4S. The SMILES string of the molecule is Cn1nc(NS(C)(=O)=O)c2cccc(-c3ccc(C#C[C@@H](N)CO)nc3[C@H](Cc3cc(F)cc(F)c3)NC(=O)Cn3nc(C(F)(F)F)c4c3C(F)(F)[C@@H]3C#C[C@H]43)c21. The van der Waals surface area contributed by atoms with Gasteiger partial charge in [0.15, 0.2) is 11.5 Å². The summed E-state index contributed by atoms with van der Waals surface area (Å²) in [6.07, 6.45) is -4.62. The molecule has 0 spiro atoms. The molecule has 0 saturated carbocycles. The third kappa shape index (κ3) is 7.51. The highest BCUT2D eigenvalue weighted by atomic mass is 32.2. The monoisotopic (exact) mass is 814 g/mol. The van der Waals surface area contributed by atoms with Crippen LogP contribution in [0.5, 0.6) is 0 Å². The minimum atomic E-state index is -5.15. The van der Waals surface area contributed by atoms with E-state index in [2.05, 4.69) is 48.9 Å². The van der Waals surface area contributed by atoms with Crippen molar-refractivity contribution in [3.05, 3.63) is 94.1 Å². The molecule has 0 aliphatic heterocycles. The van der Waals surface area contributed by atoms with Gasteiger partial charge >= 0.3 is 12.1 Å². The number of amides is 1. The molecule has 20 heteroatoms. The smallest absolute Gasteiger partial charge is 0.394 e. The summed E-state index contributed by atoms with van der Waals surface area (Å²) in [5.74, 6) is -0.284. The summed E-state index contributed by atoms with van der Waals surface area (Å²) < 4.78 is 131. The number of aryl methyl sites for hydroxylation is 1. The molecule has 5 aromatic rings. The van der Waals surface area contributed by atoms with E-state index < -0.39 is 100 Å². The van der Waals surface area contributed by atoms with E-state index in [1.54, 1.807) is 18.2 Å². The molecule has 57 heavy (non-hydrogen) atoms. The number of para-hydroxylation sites is 1. The lowest BCUT2D eigenvalue weighted by Gasteiger charge is -2.24. The predicted octanol–water partition coefficient (Wildman–Crippen LogP) is 4.09. The zero-order valence-electron chi connectivity index (χ0n) is 29.6. The van der Waals surface area contributed by atoms with Gasteiger partial charge in [0.25, 0.3) is 0 Å². The van der Waals surface area contributed by atoms with Gasteiger partial charge in [-0.1, -0.05) is 29.9 Å². The lowest BCUT2D eigenvalue weighted by Crippen LogP contribution is -2.36. The number of alkyl halides is 5. The van der Waals surface area contributed by atoms with E-state index in [1.165, 1.54) is 23.9 Å². The van der Waals surface area contributed by atoms with Crippen LogP contribution in [0.3, 0.4) is 0 Å². The van der Waals surface area contributed by atoms with Gasteiger partial charge in [-0.3, -0.25) is 18.9 Å². The Labute approximate surface area is 319 Å². The first-order chi connectivity index (χ1) is 26.7. The molecule has 2 aromatic carbocycles. The Kier molecular flexibility index (Phi) is 9.79. The highest BCUT2D eigenvalue weighted by molar-refractivity contribution is 7.92. The molecule has 0 bridgehead atoms. The van der Waals surface area contributed by atoms with Crippen molar-refractivity contribution in [2.45, 2.75) is 43.1 Å². The molecule has 296 valence electrons. The number of rotatable bonds is 10. The fourth-order valence-electron chi connectivity index (χ4n) is 6.99. The fraction of sp³-hybridized carbons (Fsp3) is 0.297. The molecule has 1 amide bonds. The van der Waals surface area contributed by atoms with Gasteiger partial charge in [0.2, 0.25) is 15.9 Å². The molecular weight excluding hydrogens is 786 g/mol. The van der Waals surface area contributed by atoms with Crippen molar-refractivity contribution in [2.75, 3.05) is 17.6 Å². The van der Waals surface area contributed by atoms with Gasteiger partial charge < -0.3 is 16.2 Å². The number of aliphatic hydroxyl groups excluding tert-OH is 1. The summed E-state index contributed by atoms with van der Waals surface area (Å²) in [5, 5.41) is 20.1. The Hall–Kier alpha value is -5.96. The highest BCUT2D eigenvalue weighted by Gasteiger charge is 2.62. The van der Waals surface area contributed by atoms with Crippen LogP contribution in [-0.4, -0.2) is 62.9 Å². The number of nitrogens with two attached hydrogens (primary N) is 1. The molecule has 0 unspecified atom stereocenters. The number of nitrogens with one attached hydrogen (secondary N) is 2. The number of pyridine rings is 1. The van der Waals surface area contributed by atoms with E-state index in [9.17, 15) is 40.3 Å². The zero-order chi connectivity index (χ0) is 41.2. The number of aliphatic hydroxyl groups is 1. The highest BCUT2D eigenvalue weighted by Crippen LogP contribution is 2.58. The minimum Gasteiger partial charge on any atom is -0.394 e. The molecule has 0 fully saturated rings. The third-order valence-electron chi connectivity index (χ3n) is 9.27. The summed E-state index contributed by atoms with van der Waals surface area (Å²) in [6, 6.07) is 7.95. The average Bonchev–Trinajstić information content (AvgIpc) is 3.66. The lowest BCUT2D eigenvalue weighted by molar-refractivity contribution is -0.142. The Morgan fingerprint density at radius 1 is 1.09 bits per heavy atom. The number of nitrogens with zero attached hydrogens (tertiary/aromatic N) is 5. The minimum absolute atomic E-state index is 0.0117. The average molecular weight is 815 g/mol. The first-order valence-corrected chi connectivity index (χ1v) is 18.8. The van der Waals surface area contributed by atoms with Crippen LogP contribution in [0.2, 0.25) is 0 Å². The van der Waals surface area contributed by atoms with Crippen LogP contribution >= 0.6 is 0 Å². The van der Waals surface area contributed by atoms with Gasteiger partial charge in [-0.05, 0) is 48.2 Å². The number of benzene rings is 2. The second kappa shape index (κ2) is 14.2. The van der Waals surface area contributed by atoms with Gasteiger partial charge in [-0.15, -0.1) is 0 Å². The summed E-state index contributed by atoms with van der Waals surface area (Å²) >= 11 is 0. The van der Waals surface area contributed by atoms with Crippen LogP contribution in [0, 0.1) is 41.2 Å². The van der Waals surface area contributed by atoms with E-state index in [-0.39, 0.29) is 33.0 Å². The quantitative estimate of drug-likeness (QED) is 0.121. The maximum Gasteiger partial charge on any atom is 0.435 e. The van der Waals surface area contributed by atoms with Crippen molar-refractivity contribution in [3.63, 3.8) is 0 Å². The summed E-state index contributed by atoms with van der Waals surface area (Å²) in [4.78, 5) is 18.5. The first-order valence-electron chi connectivity index (χ1n) is 16.9. The van der Waals surface area contributed by atoms with Gasteiger partial charge in [0.05, 0.1) is 42.1 Å². The van der Waals surface area contributed by atoms with Crippen molar-refractivity contribution in [2.24, 2.45) is 18.7 Å². The summed E-state index contributed by atoms with van der Waals surface area (Å²) in [5.41, 5.74) is 3.22. The van der Waals surface area contributed by atoms with Crippen LogP contribution < -0.4 is 15.8 Å². The number of hydrogen-bond acceptors (Lipinski definition) is 8. The fourth-order valence-corrected chi connectivity index (χ4v) is 7.50. The Morgan fingerprint density at radius 3 is 2.44 bits per heavy atom. The standard InChI is InChI=1S/C37H29F7N8O4S/c1-51-32-24(4-3-5-26(32)35(49-51)50-57(2,55)56)23-9-8-22(7-6-21(45)17-53)46-31(23)28(14-18-12-19(38)15-20(39)13-18)47-29(54)16-52-34-30(33(48-52)37(42,43)44)25-10-11-27(25)36(34,40)41/h3-5,8-9,12-13,15,21,25,27-28,53H,14,16-17,45H2,1-2H3,(H,47,54)(H,49,50)/t21-,25+,27-,28+/m1/s1. The van der Waals surface area contributed by atoms with E-state index in [4.69, 9.17) is 5.73 Å². The normalized spacial score (nSPS) is 17.7. The topological polar surface area (TPSA) is 170 Å². The van der Waals surface area contributed by atoms with E-state index in [1.807, 2.05) is 0 Å². The van der Waals surface area contributed by atoms with E-state index in [0.29, 0.717) is 22.5 Å². The lowest BCUT2D eigenvalue weighted by atomic mass is 9.84. The van der Waals surface area contributed by atoms with Crippen LogP contribution in [-0.2, 0) is 46.9 Å². The van der Waals surface area contributed by atoms with Crippen molar-refractivity contribution in [1.82, 2.24) is 29.9 Å². The third-order valence-corrected chi connectivity index (χ3v) is 9.83. The van der Waals surface area contributed by atoms with Gasteiger partial charge in [-0.25, -0.2) is 22.2 Å². The molecule has 0 saturated heterocycles. The number of aromatic nitrogens is 5. The molecule has 5 N–H and O–H groups in total. The Bertz CT molecular complexity index is 2690. The Morgan fingerprint density at radius 2 is 1.81 bits per heavy atom. The van der Waals surface area contributed by atoms with Crippen LogP contribution in [0.25, 0.3) is 22.0 Å². The number of halogens is 7. The maximum absolute atomic E-state index is 15.5. The van der Waals surface area contributed by atoms with E-state index in [0.717, 1.165) is 18.4 Å². The van der Waals surface area contributed by atoms with Crippen molar-refractivity contribution >= 4 is 32.7 Å². The number of sulfonamides is 1. The van der Waals surface area contributed by atoms with Crippen molar-refractivity contribution in [3.8, 4) is 34.8 Å². The largest absolute Gasteiger partial charge is 0.435 e. The molecule has 4 atom stereocenters. The molecule has 7 rings (SSSR count). The second-order valence-electron chi connectivity index (χ2n) is 13.5. The number of carbonyl (C=O) groups is 1. The second-order valence-corrected chi connectivity index (χ2v) is 15.2. The van der Waals surface area contributed by atoms with Crippen molar-refractivity contribution < 1.29 is 49.1 Å². The summed E-state index contributed by atoms with van der Waals surface area (Å²) in [6.45, 7) is -1.65. The van der Waals surface area contributed by atoms with Gasteiger partial charge in [0, 0.05) is 35.2 Å². The van der Waals surface area contributed by atoms with E-state index >= 15 is 8.78 Å². The predicted molar refractivity (Wildman–Crippen MR) is 190 cm³/mol.